The van der Waals surface area contributed by atoms with Crippen molar-refractivity contribution in [3.05, 3.63) is 58.6 Å². The Morgan fingerprint density at radius 3 is 2.42 bits per heavy atom. The molecule has 0 radical (unpaired) electrons. The van der Waals surface area contributed by atoms with Gasteiger partial charge in [0.2, 0.25) is 11.8 Å². The summed E-state index contributed by atoms with van der Waals surface area (Å²) >= 11 is 6.01. The van der Waals surface area contributed by atoms with Crippen LogP contribution in [0.3, 0.4) is 0 Å². The molecule has 0 unspecified atom stereocenters. The Labute approximate surface area is 156 Å². The van der Waals surface area contributed by atoms with Gasteiger partial charge in [0.1, 0.15) is 6.42 Å². The number of nitrogens with one attached hydrogen (secondary N) is 2. The largest absolute Gasteiger partial charge is 0.462 e. The zero-order valence-corrected chi connectivity index (χ0v) is 15.2. The Hall–Kier alpha value is -2.86. The van der Waals surface area contributed by atoms with Crippen LogP contribution in [-0.4, -0.2) is 24.4 Å². The van der Waals surface area contributed by atoms with Gasteiger partial charge in [0.15, 0.2) is 0 Å². The maximum Gasteiger partial charge on any atom is 0.340 e. The number of para-hydroxylation sites is 1. The topological polar surface area (TPSA) is 84.5 Å². The van der Waals surface area contributed by atoms with Gasteiger partial charge >= 0.3 is 5.97 Å². The summed E-state index contributed by atoms with van der Waals surface area (Å²) in [6.45, 7) is 3.77. The number of carbonyl (C=O) groups is 3. The number of benzene rings is 2. The third-order valence-electron chi connectivity index (χ3n) is 3.47. The molecule has 0 saturated heterocycles. The van der Waals surface area contributed by atoms with Crippen molar-refractivity contribution >= 4 is 40.8 Å². The van der Waals surface area contributed by atoms with Gasteiger partial charge in [0.25, 0.3) is 0 Å². The maximum atomic E-state index is 12.1. The Morgan fingerprint density at radius 1 is 1.04 bits per heavy atom. The third kappa shape index (κ3) is 5.32. The first kappa shape index (κ1) is 19.5. The summed E-state index contributed by atoms with van der Waals surface area (Å²) in [4.78, 5) is 36.0. The molecular formula is C19H19ClN2O4. The van der Waals surface area contributed by atoms with E-state index < -0.39 is 24.2 Å². The Kier molecular flexibility index (Phi) is 6.74. The van der Waals surface area contributed by atoms with Gasteiger partial charge < -0.3 is 15.4 Å². The highest BCUT2D eigenvalue weighted by Gasteiger charge is 2.16. The lowest BCUT2D eigenvalue weighted by atomic mass is 10.1. The second-order valence-corrected chi connectivity index (χ2v) is 5.91. The van der Waals surface area contributed by atoms with E-state index in [2.05, 4.69) is 10.6 Å². The summed E-state index contributed by atoms with van der Waals surface area (Å²) in [7, 11) is 0. The second-order valence-electron chi connectivity index (χ2n) is 5.50. The molecule has 0 aliphatic rings. The number of carbonyl (C=O) groups excluding carboxylic acids is 3. The van der Waals surface area contributed by atoms with Gasteiger partial charge in [-0.1, -0.05) is 29.8 Å². The molecule has 2 aromatic carbocycles. The number of esters is 1. The van der Waals surface area contributed by atoms with Crippen LogP contribution in [0, 0.1) is 6.92 Å². The van der Waals surface area contributed by atoms with Crippen molar-refractivity contribution in [3.63, 3.8) is 0 Å². The first-order chi connectivity index (χ1) is 12.4. The second kappa shape index (κ2) is 9.01. The van der Waals surface area contributed by atoms with E-state index in [1.807, 2.05) is 6.92 Å². The zero-order chi connectivity index (χ0) is 19.1. The Balaban J connectivity index is 1.99. The number of rotatable bonds is 6. The van der Waals surface area contributed by atoms with E-state index in [9.17, 15) is 14.4 Å². The molecule has 0 saturated carbocycles. The van der Waals surface area contributed by atoms with Gasteiger partial charge in [-0.3, -0.25) is 9.59 Å². The van der Waals surface area contributed by atoms with Crippen LogP contribution in [-0.2, 0) is 14.3 Å². The van der Waals surface area contributed by atoms with Crippen LogP contribution in [0.1, 0.15) is 29.3 Å². The first-order valence-corrected chi connectivity index (χ1v) is 8.40. The molecule has 0 bridgehead atoms. The van der Waals surface area contributed by atoms with Crippen molar-refractivity contribution in [3.8, 4) is 0 Å². The molecule has 0 aromatic heterocycles. The van der Waals surface area contributed by atoms with Crippen LogP contribution >= 0.6 is 11.6 Å². The monoisotopic (exact) mass is 374 g/mol. The average molecular weight is 375 g/mol. The van der Waals surface area contributed by atoms with E-state index in [0.29, 0.717) is 16.4 Å². The lowest BCUT2D eigenvalue weighted by Crippen LogP contribution is -2.22. The average Bonchev–Trinajstić information content (AvgIpc) is 2.58. The molecule has 0 fully saturated rings. The minimum Gasteiger partial charge on any atom is -0.462 e. The number of halogens is 1. The summed E-state index contributed by atoms with van der Waals surface area (Å²) < 4.78 is 4.95. The summed E-state index contributed by atoms with van der Waals surface area (Å²) in [6, 6.07) is 11.5. The van der Waals surface area contributed by atoms with Crippen molar-refractivity contribution in [2.45, 2.75) is 20.3 Å². The lowest BCUT2D eigenvalue weighted by molar-refractivity contribution is -0.123. The van der Waals surface area contributed by atoms with Crippen molar-refractivity contribution in [1.82, 2.24) is 0 Å². The third-order valence-corrected chi connectivity index (χ3v) is 3.88. The van der Waals surface area contributed by atoms with E-state index in [0.717, 1.165) is 5.56 Å². The quantitative estimate of drug-likeness (QED) is 0.595. The molecule has 0 atom stereocenters. The van der Waals surface area contributed by atoms with E-state index in [1.165, 1.54) is 0 Å². The first-order valence-electron chi connectivity index (χ1n) is 8.02. The van der Waals surface area contributed by atoms with E-state index in [-0.39, 0.29) is 12.2 Å². The molecule has 2 aromatic rings. The Bertz CT molecular complexity index is 836. The van der Waals surface area contributed by atoms with Crippen LogP contribution in [0.25, 0.3) is 0 Å². The number of ether oxygens (including phenoxy) is 1. The van der Waals surface area contributed by atoms with Crippen LogP contribution < -0.4 is 10.6 Å². The SMILES string of the molecule is CCOC(=O)c1ccccc1NC(=O)CC(=O)Nc1ccc(C)c(Cl)c1. The number of anilines is 2. The molecule has 2 N–H and O–H groups in total. The van der Waals surface area contributed by atoms with Crippen molar-refractivity contribution in [2.24, 2.45) is 0 Å². The molecule has 6 nitrogen and oxygen atoms in total. The molecule has 26 heavy (non-hydrogen) atoms. The molecular weight excluding hydrogens is 356 g/mol. The van der Waals surface area contributed by atoms with E-state index >= 15 is 0 Å². The van der Waals surface area contributed by atoms with Crippen molar-refractivity contribution in [2.75, 3.05) is 17.2 Å². The predicted molar refractivity (Wildman–Crippen MR) is 100 cm³/mol. The minimum atomic E-state index is -0.544. The highest BCUT2D eigenvalue weighted by molar-refractivity contribution is 6.31. The molecule has 136 valence electrons. The lowest BCUT2D eigenvalue weighted by Gasteiger charge is -2.11. The number of hydrogen-bond acceptors (Lipinski definition) is 4. The van der Waals surface area contributed by atoms with E-state index in [1.54, 1.807) is 49.4 Å². The highest BCUT2D eigenvalue weighted by Crippen LogP contribution is 2.20. The summed E-state index contributed by atoms with van der Waals surface area (Å²) in [5, 5.41) is 5.69. The van der Waals surface area contributed by atoms with Gasteiger partial charge in [-0.25, -0.2) is 4.79 Å². The number of amides is 2. The van der Waals surface area contributed by atoms with Gasteiger partial charge in [0, 0.05) is 10.7 Å². The normalized spacial score (nSPS) is 10.1. The summed E-state index contributed by atoms with van der Waals surface area (Å²) in [6.07, 6.45) is -0.400. The molecule has 0 spiro atoms. The van der Waals surface area contributed by atoms with Gasteiger partial charge in [-0.15, -0.1) is 0 Å². The fourth-order valence-electron chi connectivity index (χ4n) is 2.19. The highest BCUT2D eigenvalue weighted by atomic mass is 35.5. The summed E-state index contributed by atoms with van der Waals surface area (Å²) in [5.41, 5.74) is 1.92. The fraction of sp³-hybridized carbons (Fsp3) is 0.211. The molecule has 7 heteroatoms. The molecule has 0 aliphatic heterocycles. The molecule has 0 heterocycles. The molecule has 2 rings (SSSR count). The number of hydrogen-bond donors (Lipinski definition) is 2. The Morgan fingerprint density at radius 2 is 1.73 bits per heavy atom. The standard InChI is InChI=1S/C19H19ClN2O4/c1-3-26-19(25)14-6-4-5-7-16(14)22-18(24)11-17(23)21-13-9-8-12(2)15(20)10-13/h4-10H,3,11H2,1-2H3,(H,21,23)(H,22,24). The summed E-state index contributed by atoms with van der Waals surface area (Å²) in [5.74, 6) is -1.57. The van der Waals surface area contributed by atoms with Crippen molar-refractivity contribution < 1.29 is 19.1 Å². The van der Waals surface area contributed by atoms with E-state index in [4.69, 9.17) is 16.3 Å². The van der Waals surface area contributed by atoms with Crippen LogP contribution in [0.15, 0.2) is 42.5 Å². The molecule has 2 amide bonds. The van der Waals surface area contributed by atoms with Crippen LogP contribution in [0.5, 0.6) is 0 Å². The van der Waals surface area contributed by atoms with Crippen molar-refractivity contribution in [1.29, 1.82) is 0 Å². The van der Waals surface area contributed by atoms with Crippen LogP contribution in [0.2, 0.25) is 5.02 Å². The smallest absolute Gasteiger partial charge is 0.340 e. The zero-order valence-electron chi connectivity index (χ0n) is 14.5. The fourth-order valence-corrected chi connectivity index (χ4v) is 2.38. The van der Waals surface area contributed by atoms with Gasteiger partial charge in [0.05, 0.1) is 17.9 Å². The van der Waals surface area contributed by atoms with Gasteiger partial charge in [-0.05, 0) is 43.7 Å². The molecule has 0 aliphatic carbocycles. The maximum absolute atomic E-state index is 12.1. The number of aryl methyl sites for hydroxylation is 1. The predicted octanol–water partition coefficient (Wildman–Crippen LogP) is 3.79. The van der Waals surface area contributed by atoms with Crippen LogP contribution in [0.4, 0.5) is 11.4 Å². The van der Waals surface area contributed by atoms with Gasteiger partial charge in [-0.2, -0.15) is 0 Å². The minimum absolute atomic E-state index is 0.225.